The van der Waals surface area contributed by atoms with E-state index in [1.165, 1.54) is 11.3 Å². The minimum atomic E-state index is 0.153. The summed E-state index contributed by atoms with van der Waals surface area (Å²) in [5.41, 5.74) is 2.44. The summed E-state index contributed by atoms with van der Waals surface area (Å²) in [4.78, 5) is 12.0. The Morgan fingerprint density at radius 2 is 2.45 bits per heavy atom. The van der Waals surface area contributed by atoms with Gasteiger partial charge < -0.3 is 10.1 Å². The highest BCUT2D eigenvalue weighted by Gasteiger charge is 2.19. The lowest BCUT2D eigenvalue weighted by molar-refractivity contribution is -0.125. The number of fused-ring (bicyclic) bond motifs is 1. The van der Waals surface area contributed by atoms with Crippen LogP contribution in [0.2, 0.25) is 0 Å². The highest BCUT2D eigenvalue weighted by molar-refractivity contribution is 5.78. The molecule has 1 N–H and O–H groups in total. The van der Waals surface area contributed by atoms with Gasteiger partial charge in [0.05, 0.1) is 26.0 Å². The molecule has 1 amide bonds. The molecule has 5 heteroatoms. The maximum atomic E-state index is 12.0. The SMILES string of the molecule is O=C(NCCn1ncc2c1CCOC2)C1CC=CCC1. The smallest absolute Gasteiger partial charge is 0.223 e. The summed E-state index contributed by atoms with van der Waals surface area (Å²) in [5, 5.41) is 7.41. The van der Waals surface area contributed by atoms with Crippen LogP contribution in [0.15, 0.2) is 18.3 Å². The molecule has 20 heavy (non-hydrogen) atoms. The predicted octanol–water partition coefficient (Wildman–Crippen LogP) is 1.43. The number of nitrogens with zero attached hydrogens (tertiary/aromatic N) is 2. The van der Waals surface area contributed by atoms with E-state index in [9.17, 15) is 4.79 Å². The number of carbonyl (C=O) groups excluding carboxylic acids is 1. The van der Waals surface area contributed by atoms with Crippen molar-refractivity contribution >= 4 is 5.91 Å². The van der Waals surface area contributed by atoms with Crippen LogP contribution in [-0.2, 0) is 29.1 Å². The minimum absolute atomic E-state index is 0.153. The Labute approximate surface area is 119 Å². The third-order valence-corrected chi connectivity index (χ3v) is 4.04. The largest absolute Gasteiger partial charge is 0.376 e. The first-order valence-corrected chi connectivity index (χ1v) is 7.38. The molecule has 0 bridgehead atoms. The lowest BCUT2D eigenvalue weighted by Crippen LogP contribution is -2.34. The van der Waals surface area contributed by atoms with Gasteiger partial charge in [0.2, 0.25) is 5.91 Å². The molecular weight excluding hydrogens is 254 g/mol. The van der Waals surface area contributed by atoms with Gasteiger partial charge in [-0.25, -0.2) is 0 Å². The normalized spacial score (nSPS) is 21.5. The number of ether oxygens (including phenoxy) is 1. The van der Waals surface area contributed by atoms with E-state index in [0.717, 1.165) is 38.8 Å². The van der Waals surface area contributed by atoms with E-state index in [2.05, 4.69) is 22.6 Å². The fourth-order valence-corrected chi connectivity index (χ4v) is 2.86. The van der Waals surface area contributed by atoms with Crippen LogP contribution in [0.1, 0.15) is 30.5 Å². The molecule has 0 aromatic carbocycles. The Balaban J connectivity index is 1.49. The van der Waals surface area contributed by atoms with Gasteiger partial charge in [0.1, 0.15) is 0 Å². The van der Waals surface area contributed by atoms with Gasteiger partial charge in [0, 0.05) is 30.1 Å². The summed E-state index contributed by atoms with van der Waals surface area (Å²) >= 11 is 0. The number of hydrogen-bond donors (Lipinski definition) is 1. The number of allylic oxidation sites excluding steroid dienone is 2. The van der Waals surface area contributed by atoms with Crippen LogP contribution in [0.25, 0.3) is 0 Å². The van der Waals surface area contributed by atoms with Crippen LogP contribution in [0.5, 0.6) is 0 Å². The number of rotatable bonds is 4. The molecule has 0 saturated carbocycles. The highest BCUT2D eigenvalue weighted by atomic mass is 16.5. The van der Waals surface area contributed by atoms with Crippen LogP contribution in [0.3, 0.4) is 0 Å². The molecule has 0 radical (unpaired) electrons. The number of aromatic nitrogens is 2. The van der Waals surface area contributed by atoms with Gasteiger partial charge in [-0.1, -0.05) is 12.2 Å². The van der Waals surface area contributed by atoms with Crippen LogP contribution >= 0.6 is 0 Å². The van der Waals surface area contributed by atoms with E-state index in [1.54, 1.807) is 0 Å². The average molecular weight is 275 g/mol. The Bertz CT molecular complexity index is 507. The average Bonchev–Trinajstić information content (AvgIpc) is 2.92. The summed E-state index contributed by atoms with van der Waals surface area (Å²) in [6.07, 6.45) is 9.92. The fraction of sp³-hybridized carbons (Fsp3) is 0.600. The second-order valence-corrected chi connectivity index (χ2v) is 5.41. The van der Waals surface area contributed by atoms with Gasteiger partial charge in [-0.15, -0.1) is 0 Å². The van der Waals surface area contributed by atoms with Crippen LogP contribution in [0, 0.1) is 5.92 Å². The van der Waals surface area contributed by atoms with Crippen molar-refractivity contribution in [2.24, 2.45) is 5.92 Å². The first-order valence-electron chi connectivity index (χ1n) is 7.38. The molecule has 1 aliphatic heterocycles. The van der Waals surface area contributed by atoms with Crippen molar-refractivity contribution in [2.45, 2.75) is 38.8 Å². The Morgan fingerprint density at radius 1 is 1.50 bits per heavy atom. The Hall–Kier alpha value is -1.62. The first-order chi connectivity index (χ1) is 9.84. The van der Waals surface area contributed by atoms with Crippen molar-refractivity contribution in [1.82, 2.24) is 15.1 Å². The zero-order valence-corrected chi connectivity index (χ0v) is 11.7. The maximum Gasteiger partial charge on any atom is 0.223 e. The lowest BCUT2D eigenvalue weighted by Gasteiger charge is -2.18. The van der Waals surface area contributed by atoms with Gasteiger partial charge in [-0.05, 0) is 19.3 Å². The van der Waals surface area contributed by atoms with Crippen molar-refractivity contribution in [3.8, 4) is 0 Å². The molecule has 1 aliphatic carbocycles. The molecule has 108 valence electrons. The molecule has 3 rings (SSSR count). The number of nitrogens with one attached hydrogen (secondary N) is 1. The monoisotopic (exact) mass is 275 g/mol. The molecule has 1 unspecified atom stereocenters. The molecule has 2 heterocycles. The number of amides is 1. The fourth-order valence-electron chi connectivity index (χ4n) is 2.86. The standard InChI is InChI=1S/C15H21N3O2/c19-15(12-4-2-1-3-5-12)16-7-8-18-14-6-9-20-11-13(14)10-17-18/h1-2,10,12H,3-9,11H2,(H,16,19). The molecule has 0 fully saturated rings. The lowest BCUT2D eigenvalue weighted by atomic mass is 9.94. The molecule has 5 nitrogen and oxygen atoms in total. The second kappa shape index (κ2) is 6.22. The summed E-state index contributed by atoms with van der Waals surface area (Å²) in [5.74, 6) is 0.332. The highest BCUT2D eigenvalue weighted by Crippen LogP contribution is 2.18. The summed E-state index contributed by atoms with van der Waals surface area (Å²) < 4.78 is 7.40. The number of carbonyl (C=O) groups is 1. The third kappa shape index (κ3) is 2.93. The van der Waals surface area contributed by atoms with Crippen LogP contribution in [0.4, 0.5) is 0 Å². The summed E-state index contributed by atoms with van der Waals surface area (Å²) in [6, 6.07) is 0. The van der Waals surface area contributed by atoms with E-state index in [0.29, 0.717) is 13.2 Å². The summed E-state index contributed by atoms with van der Waals surface area (Å²) in [7, 11) is 0. The quantitative estimate of drug-likeness (QED) is 0.846. The molecule has 1 atom stereocenters. The van der Waals surface area contributed by atoms with Crippen molar-refractivity contribution in [3.63, 3.8) is 0 Å². The van der Waals surface area contributed by atoms with Gasteiger partial charge in [-0.3, -0.25) is 9.48 Å². The van der Waals surface area contributed by atoms with E-state index >= 15 is 0 Å². The first kappa shape index (κ1) is 13.4. The molecule has 1 aromatic rings. The maximum absolute atomic E-state index is 12.0. The van der Waals surface area contributed by atoms with E-state index in [4.69, 9.17) is 4.74 Å². The van der Waals surface area contributed by atoms with Crippen molar-refractivity contribution in [3.05, 3.63) is 29.6 Å². The molecule has 0 spiro atoms. The topological polar surface area (TPSA) is 56.2 Å². The van der Waals surface area contributed by atoms with Gasteiger partial charge in [-0.2, -0.15) is 5.10 Å². The molecule has 0 saturated heterocycles. The zero-order chi connectivity index (χ0) is 13.8. The minimum Gasteiger partial charge on any atom is -0.376 e. The Kier molecular flexibility index (Phi) is 4.16. The molecule has 1 aromatic heterocycles. The van der Waals surface area contributed by atoms with Crippen LogP contribution in [-0.4, -0.2) is 28.8 Å². The van der Waals surface area contributed by atoms with Gasteiger partial charge in [0.25, 0.3) is 0 Å². The predicted molar refractivity (Wildman–Crippen MR) is 75.1 cm³/mol. The van der Waals surface area contributed by atoms with E-state index in [-0.39, 0.29) is 11.8 Å². The second-order valence-electron chi connectivity index (χ2n) is 5.41. The zero-order valence-electron chi connectivity index (χ0n) is 11.7. The molecular formula is C15H21N3O2. The van der Waals surface area contributed by atoms with Crippen molar-refractivity contribution < 1.29 is 9.53 Å². The van der Waals surface area contributed by atoms with E-state index < -0.39 is 0 Å². The third-order valence-electron chi connectivity index (χ3n) is 4.04. The summed E-state index contributed by atoms with van der Waals surface area (Å²) in [6.45, 7) is 2.81. The van der Waals surface area contributed by atoms with Crippen LogP contribution < -0.4 is 5.32 Å². The molecule has 2 aliphatic rings. The Morgan fingerprint density at radius 3 is 3.30 bits per heavy atom. The van der Waals surface area contributed by atoms with Gasteiger partial charge in [0.15, 0.2) is 0 Å². The number of hydrogen-bond acceptors (Lipinski definition) is 3. The van der Waals surface area contributed by atoms with Crippen molar-refractivity contribution in [1.29, 1.82) is 0 Å². The van der Waals surface area contributed by atoms with E-state index in [1.807, 2.05) is 10.9 Å². The van der Waals surface area contributed by atoms with Crippen molar-refractivity contribution in [2.75, 3.05) is 13.2 Å². The van der Waals surface area contributed by atoms with Gasteiger partial charge >= 0.3 is 0 Å².